The summed E-state index contributed by atoms with van der Waals surface area (Å²) in [6, 6.07) is 10.1. The molecule has 0 aliphatic rings. The van der Waals surface area contributed by atoms with Gasteiger partial charge in [-0.3, -0.25) is 4.99 Å². The molecule has 2 aromatic rings. The number of anilines is 1. The third kappa shape index (κ3) is 7.23. The molecule has 1 unspecified atom stereocenters. The van der Waals surface area contributed by atoms with Gasteiger partial charge in [0.1, 0.15) is 5.82 Å². The number of ether oxygens (including phenoxy) is 2. The number of pyridine rings is 1. The van der Waals surface area contributed by atoms with Crippen LogP contribution in [0.3, 0.4) is 0 Å². The number of aliphatic imine (C=N–C) groups is 1. The van der Waals surface area contributed by atoms with Gasteiger partial charge in [0.25, 0.3) is 0 Å². The molecule has 1 aromatic heterocycles. The van der Waals surface area contributed by atoms with Gasteiger partial charge in [-0.25, -0.2) is 4.98 Å². The number of rotatable bonds is 9. The topological polar surface area (TPSA) is 71.0 Å². The van der Waals surface area contributed by atoms with Crippen LogP contribution in [0.25, 0.3) is 0 Å². The molecule has 2 N–H and O–H groups in total. The predicted molar refractivity (Wildman–Crippen MR) is 135 cm³/mol. The molecule has 1 heterocycles. The SMILES string of the molecule is CCOc1ccc(C(C)NC(=NC)NCc2cccnc2N(C)C)cc1OCC.I. The van der Waals surface area contributed by atoms with Crippen LogP contribution in [-0.4, -0.2) is 45.3 Å². The highest BCUT2D eigenvalue weighted by molar-refractivity contribution is 14.0. The molecule has 0 spiro atoms. The average Bonchev–Trinajstić information content (AvgIpc) is 2.72. The number of halogens is 1. The summed E-state index contributed by atoms with van der Waals surface area (Å²) in [6.45, 7) is 7.85. The van der Waals surface area contributed by atoms with Crippen molar-refractivity contribution < 1.29 is 9.47 Å². The Morgan fingerprint density at radius 3 is 2.47 bits per heavy atom. The Kier molecular flexibility index (Phi) is 11.3. The van der Waals surface area contributed by atoms with Crippen molar-refractivity contribution >= 4 is 35.8 Å². The number of benzene rings is 1. The summed E-state index contributed by atoms with van der Waals surface area (Å²) in [7, 11) is 5.74. The van der Waals surface area contributed by atoms with E-state index in [0.29, 0.717) is 19.8 Å². The molecule has 0 saturated heterocycles. The van der Waals surface area contributed by atoms with Crippen LogP contribution in [0.15, 0.2) is 41.5 Å². The Labute approximate surface area is 197 Å². The Morgan fingerprint density at radius 1 is 1.13 bits per heavy atom. The van der Waals surface area contributed by atoms with E-state index in [1.54, 1.807) is 13.2 Å². The molecule has 166 valence electrons. The lowest BCUT2D eigenvalue weighted by Gasteiger charge is -2.21. The van der Waals surface area contributed by atoms with E-state index in [-0.39, 0.29) is 30.0 Å². The van der Waals surface area contributed by atoms with E-state index in [1.807, 2.05) is 57.1 Å². The maximum Gasteiger partial charge on any atom is 0.191 e. The maximum absolute atomic E-state index is 5.74. The number of hydrogen-bond donors (Lipinski definition) is 2. The van der Waals surface area contributed by atoms with Gasteiger partial charge in [-0.15, -0.1) is 24.0 Å². The van der Waals surface area contributed by atoms with E-state index in [2.05, 4.69) is 33.6 Å². The van der Waals surface area contributed by atoms with Crippen LogP contribution in [0, 0.1) is 0 Å². The fourth-order valence-electron chi connectivity index (χ4n) is 2.97. The molecule has 0 saturated carbocycles. The molecular formula is C22H34IN5O2. The van der Waals surface area contributed by atoms with Crippen molar-refractivity contribution in [3.63, 3.8) is 0 Å². The van der Waals surface area contributed by atoms with Gasteiger partial charge in [0, 0.05) is 39.4 Å². The summed E-state index contributed by atoms with van der Waals surface area (Å²) < 4.78 is 11.4. The second-order valence-electron chi connectivity index (χ2n) is 6.74. The molecule has 30 heavy (non-hydrogen) atoms. The highest BCUT2D eigenvalue weighted by atomic mass is 127. The van der Waals surface area contributed by atoms with Gasteiger partial charge in [-0.05, 0) is 44.5 Å². The normalized spacial score (nSPS) is 11.9. The maximum atomic E-state index is 5.74. The monoisotopic (exact) mass is 527 g/mol. The molecule has 0 aliphatic carbocycles. The van der Waals surface area contributed by atoms with Crippen molar-refractivity contribution in [3.8, 4) is 11.5 Å². The Bertz CT molecular complexity index is 814. The van der Waals surface area contributed by atoms with Crippen LogP contribution in [0.1, 0.15) is 37.9 Å². The van der Waals surface area contributed by atoms with E-state index in [4.69, 9.17) is 9.47 Å². The zero-order valence-corrected chi connectivity index (χ0v) is 21.1. The zero-order chi connectivity index (χ0) is 21.2. The van der Waals surface area contributed by atoms with Crippen molar-refractivity contribution in [2.24, 2.45) is 4.99 Å². The van der Waals surface area contributed by atoms with Gasteiger partial charge in [0.2, 0.25) is 0 Å². The number of nitrogens with zero attached hydrogens (tertiary/aromatic N) is 3. The van der Waals surface area contributed by atoms with Gasteiger partial charge in [0.05, 0.1) is 19.3 Å². The summed E-state index contributed by atoms with van der Waals surface area (Å²) in [5, 5.41) is 6.80. The largest absolute Gasteiger partial charge is 0.490 e. The number of hydrogen-bond acceptors (Lipinski definition) is 5. The van der Waals surface area contributed by atoms with E-state index in [9.17, 15) is 0 Å². The second kappa shape index (κ2) is 13.1. The molecule has 7 nitrogen and oxygen atoms in total. The third-order valence-corrected chi connectivity index (χ3v) is 4.38. The Hall–Kier alpha value is -2.23. The highest BCUT2D eigenvalue weighted by Gasteiger charge is 2.13. The van der Waals surface area contributed by atoms with Gasteiger partial charge in [-0.2, -0.15) is 0 Å². The van der Waals surface area contributed by atoms with Crippen LogP contribution in [0.2, 0.25) is 0 Å². The molecule has 1 atom stereocenters. The first-order chi connectivity index (χ1) is 14.0. The number of nitrogens with one attached hydrogen (secondary N) is 2. The van der Waals surface area contributed by atoms with Crippen molar-refractivity contribution in [2.75, 3.05) is 39.3 Å². The number of aromatic nitrogens is 1. The molecule has 0 bridgehead atoms. The van der Waals surface area contributed by atoms with Gasteiger partial charge < -0.3 is 25.0 Å². The molecule has 0 fully saturated rings. The fraction of sp³-hybridized carbons (Fsp3) is 0.455. The first-order valence-corrected chi connectivity index (χ1v) is 9.98. The lowest BCUT2D eigenvalue weighted by atomic mass is 10.1. The molecule has 0 radical (unpaired) electrons. The van der Waals surface area contributed by atoms with Gasteiger partial charge in [-0.1, -0.05) is 12.1 Å². The standard InChI is InChI=1S/C22H33N5O2.HI/c1-7-28-19-12-11-17(14-20(19)29-8-2)16(3)26-22(23-4)25-15-18-10-9-13-24-21(18)27(5)6;/h9-14,16H,7-8,15H2,1-6H3,(H2,23,25,26);1H. The molecular weight excluding hydrogens is 493 g/mol. The molecule has 0 amide bonds. The second-order valence-corrected chi connectivity index (χ2v) is 6.74. The highest BCUT2D eigenvalue weighted by Crippen LogP contribution is 2.30. The van der Waals surface area contributed by atoms with E-state index in [0.717, 1.165) is 34.4 Å². The van der Waals surface area contributed by atoms with Crippen molar-refractivity contribution in [3.05, 3.63) is 47.7 Å². The fourth-order valence-corrected chi connectivity index (χ4v) is 2.97. The van der Waals surface area contributed by atoms with Crippen LogP contribution in [-0.2, 0) is 6.54 Å². The van der Waals surface area contributed by atoms with Crippen molar-refractivity contribution in [2.45, 2.75) is 33.4 Å². The Morgan fingerprint density at radius 2 is 1.83 bits per heavy atom. The van der Waals surface area contributed by atoms with Crippen molar-refractivity contribution in [1.82, 2.24) is 15.6 Å². The molecule has 8 heteroatoms. The minimum atomic E-state index is 0. The first-order valence-electron chi connectivity index (χ1n) is 9.98. The molecule has 2 rings (SSSR count). The summed E-state index contributed by atoms with van der Waals surface area (Å²) in [5.74, 6) is 3.18. The zero-order valence-electron chi connectivity index (χ0n) is 18.7. The lowest BCUT2D eigenvalue weighted by Crippen LogP contribution is -2.38. The third-order valence-electron chi connectivity index (χ3n) is 4.38. The quantitative estimate of drug-likeness (QED) is 0.292. The first kappa shape index (κ1) is 25.8. The van der Waals surface area contributed by atoms with Crippen LogP contribution in [0.5, 0.6) is 11.5 Å². The molecule has 0 aliphatic heterocycles. The minimum Gasteiger partial charge on any atom is -0.490 e. The minimum absolute atomic E-state index is 0. The van der Waals surface area contributed by atoms with Crippen LogP contribution < -0.4 is 25.0 Å². The lowest BCUT2D eigenvalue weighted by molar-refractivity contribution is 0.287. The Balaban J connectivity index is 0.00000450. The summed E-state index contributed by atoms with van der Waals surface area (Å²) >= 11 is 0. The van der Waals surface area contributed by atoms with Gasteiger partial charge >= 0.3 is 0 Å². The van der Waals surface area contributed by atoms with Crippen molar-refractivity contribution in [1.29, 1.82) is 0 Å². The average molecular weight is 527 g/mol. The van der Waals surface area contributed by atoms with E-state index >= 15 is 0 Å². The predicted octanol–water partition coefficient (Wildman–Crippen LogP) is 3.99. The molecule has 1 aromatic carbocycles. The van der Waals surface area contributed by atoms with E-state index < -0.39 is 0 Å². The summed E-state index contributed by atoms with van der Waals surface area (Å²) in [6.07, 6.45) is 1.80. The summed E-state index contributed by atoms with van der Waals surface area (Å²) in [5.41, 5.74) is 2.20. The summed E-state index contributed by atoms with van der Waals surface area (Å²) in [4.78, 5) is 10.8. The van der Waals surface area contributed by atoms with Crippen LogP contribution >= 0.6 is 24.0 Å². The number of guanidine groups is 1. The van der Waals surface area contributed by atoms with Gasteiger partial charge in [0.15, 0.2) is 17.5 Å². The smallest absolute Gasteiger partial charge is 0.191 e. The van der Waals surface area contributed by atoms with E-state index in [1.165, 1.54) is 0 Å². The van der Waals surface area contributed by atoms with Crippen LogP contribution in [0.4, 0.5) is 5.82 Å².